The lowest BCUT2D eigenvalue weighted by atomic mass is 9.92. The van der Waals surface area contributed by atoms with Crippen LogP contribution in [-0.2, 0) is 0 Å². The van der Waals surface area contributed by atoms with Crippen molar-refractivity contribution in [1.82, 2.24) is 9.97 Å². The molecule has 1 aromatic heterocycles. The van der Waals surface area contributed by atoms with Crippen molar-refractivity contribution in [3.05, 3.63) is 17.0 Å². The molecule has 0 radical (unpaired) electrons. The Kier molecular flexibility index (Phi) is 1.97. The van der Waals surface area contributed by atoms with Gasteiger partial charge in [0.2, 0.25) is 0 Å². The molecule has 0 amide bonds. The van der Waals surface area contributed by atoms with Crippen LogP contribution in [0, 0.1) is 5.92 Å². The van der Waals surface area contributed by atoms with Gasteiger partial charge in [-0.3, -0.25) is 0 Å². The van der Waals surface area contributed by atoms with Crippen molar-refractivity contribution in [3.63, 3.8) is 0 Å². The Balaban J connectivity index is 1.87. The van der Waals surface area contributed by atoms with Gasteiger partial charge in [-0.05, 0) is 34.7 Å². The fourth-order valence-electron chi connectivity index (χ4n) is 2.65. The molecule has 14 heavy (non-hydrogen) atoms. The monoisotopic (exact) mass is 253 g/mol. The van der Waals surface area contributed by atoms with E-state index >= 15 is 0 Å². The summed E-state index contributed by atoms with van der Waals surface area (Å²) in [6.45, 7) is 1.18. The second kappa shape index (κ2) is 3.19. The van der Waals surface area contributed by atoms with Crippen LogP contribution in [0.2, 0.25) is 0 Å². The van der Waals surface area contributed by atoms with Crippen molar-refractivity contribution in [2.45, 2.75) is 25.3 Å². The second-order valence-electron chi connectivity index (χ2n) is 4.10. The molecule has 1 aromatic rings. The minimum atomic E-state index is 0.751. The Labute approximate surface area is 91.7 Å². The number of nitrogens with zero attached hydrogens (tertiary/aromatic N) is 3. The number of hydrogen-bond donors (Lipinski definition) is 0. The first-order valence-corrected chi connectivity index (χ1v) is 5.87. The van der Waals surface area contributed by atoms with E-state index < -0.39 is 0 Å². The molecule has 2 heterocycles. The molecule has 2 atom stereocenters. The highest BCUT2D eigenvalue weighted by molar-refractivity contribution is 9.10. The quantitative estimate of drug-likeness (QED) is 0.769. The van der Waals surface area contributed by atoms with Gasteiger partial charge < -0.3 is 4.90 Å². The molecule has 1 saturated carbocycles. The third-order valence-corrected chi connectivity index (χ3v) is 3.93. The Morgan fingerprint density at radius 2 is 2.36 bits per heavy atom. The minimum absolute atomic E-state index is 0.751. The highest BCUT2D eigenvalue weighted by Crippen LogP contribution is 2.42. The number of halogens is 1. The fourth-order valence-corrected chi connectivity index (χ4v) is 3.10. The second-order valence-corrected chi connectivity index (χ2v) is 4.96. The van der Waals surface area contributed by atoms with Gasteiger partial charge in [0.15, 0.2) is 0 Å². The maximum atomic E-state index is 4.33. The van der Waals surface area contributed by atoms with Gasteiger partial charge in [-0.15, -0.1) is 0 Å². The lowest BCUT2D eigenvalue weighted by molar-refractivity contribution is 0.336. The zero-order chi connectivity index (χ0) is 9.54. The summed E-state index contributed by atoms with van der Waals surface area (Å²) in [5, 5.41) is 0. The van der Waals surface area contributed by atoms with Crippen LogP contribution in [-0.4, -0.2) is 22.6 Å². The molecule has 0 bridgehead atoms. The highest BCUT2D eigenvalue weighted by atomic mass is 79.9. The molecule has 3 rings (SSSR count). The van der Waals surface area contributed by atoms with Crippen molar-refractivity contribution in [1.29, 1.82) is 0 Å². The minimum Gasteiger partial charge on any atom is -0.352 e. The summed E-state index contributed by atoms with van der Waals surface area (Å²) in [5.74, 6) is 2.00. The third kappa shape index (κ3) is 1.16. The zero-order valence-electron chi connectivity index (χ0n) is 7.86. The van der Waals surface area contributed by atoms with Crippen LogP contribution in [0.15, 0.2) is 17.0 Å². The Hall–Kier alpha value is -0.640. The Morgan fingerprint density at radius 3 is 3.14 bits per heavy atom. The first kappa shape index (κ1) is 8.65. The molecular formula is C10H12BrN3. The number of aromatic nitrogens is 2. The number of hydrogen-bond acceptors (Lipinski definition) is 3. The first-order valence-electron chi connectivity index (χ1n) is 5.08. The van der Waals surface area contributed by atoms with Crippen LogP contribution in [0.1, 0.15) is 19.3 Å². The molecule has 74 valence electrons. The molecule has 1 saturated heterocycles. The van der Waals surface area contributed by atoms with Gasteiger partial charge in [-0.25, -0.2) is 9.97 Å². The molecule has 1 aliphatic carbocycles. The lowest BCUT2D eigenvalue weighted by Crippen LogP contribution is -2.53. The summed E-state index contributed by atoms with van der Waals surface area (Å²) >= 11 is 3.50. The summed E-state index contributed by atoms with van der Waals surface area (Å²) in [6.07, 6.45) is 7.58. The van der Waals surface area contributed by atoms with Crippen LogP contribution >= 0.6 is 15.9 Å². The van der Waals surface area contributed by atoms with E-state index in [-0.39, 0.29) is 0 Å². The number of fused-ring (bicyclic) bond motifs is 1. The Morgan fingerprint density at radius 1 is 1.43 bits per heavy atom. The Bertz CT molecular complexity index is 355. The van der Waals surface area contributed by atoms with Crippen molar-refractivity contribution in [3.8, 4) is 0 Å². The van der Waals surface area contributed by atoms with E-state index in [1.54, 1.807) is 6.33 Å². The third-order valence-electron chi connectivity index (χ3n) is 3.37. The summed E-state index contributed by atoms with van der Waals surface area (Å²) in [6, 6.07) is 0.751. The van der Waals surface area contributed by atoms with E-state index in [2.05, 4.69) is 30.8 Å². The average Bonchev–Trinajstić information content (AvgIpc) is 2.52. The molecular weight excluding hydrogens is 242 g/mol. The van der Waals surface area contributed by atoms with E-state index in [9.17, 15) is 0 Å². The average molecular weight is 254 g/mol. The molecule has 2 fully saturated rings. The van der Waals surface area contributed by atoms with E-state index in [0.29, 0.717) is 0 Å². The largest absolute Gasteiger partial charge is 0.352 e. The normalized spacial score (nSPS) is 29.9. The van der Waals surface area contributed by atoms with E-state index in [1.165, 1.54) is 25.8 Å². The van der Waals surface area contributed by atoms with Crippen LogP contribution in [0.25, 0.3) is 0 Å². The van der Waals surface area contributed by atoms with Gasteiger partial charge >= 0.3 is 0 Å². The molecule has 0 aromatic carbocycles. The van der Waals surface area contributed by atoms with E-state index in [1.807, 2.05) is 6.20 Å². The number of rotatable bonds is 1. The molecule has 1 aliphatic heterocycles. The molecule has 2 aliphatic rings. The van der Waals surface area contributed by atoms with E-state index in [4.69, 9.17) is 0 Å². The molecule has 0 spiro atoms. The van der Waals surface area contributed by atoms with Crippen LogP contribution in [0.3, 0.4) is 0 Å². The van der Waals surface area contributed by atoms with E-state index in [0.717, 1.165) is 22.3 Å². The van der Waals surface area contributed by atoms with Gasteiger partial charge in [0, 0.05) is 18.8 Å². The van der Waals surface area contributed by atoms with Gasteiger partial charge in [0.1, 0.15) is 12.1 Å². The number of anilines is 1. The predicted molar refractivity (Wildman–Crippen MR) is 58.2 cm³/mol. The van der Waals surface area contributed by atoms with Crippen LogP contribution < -0.4 is 4.90 Å². The van der Waals surface area contributed by atoms with Crippen LogP contribution in [0.5, 0.6) is 0 Å². The van der Waals surface area contributed by atoms with Gasteiger partial charge in [-0.2, -0.15) is 0 Å². The molecule has 4 heteroatoms. The van der Waals surface area contributed by atoms with Gasteiger partial charge in [-0.1, -0.05) is 6.42 Å². The van der Waals surface area contributed by atoms with Crippen molar-refractivity contribution < 1.29 is 0 Å². The molecule has 3 nitrogen and oxygen atoms in total. The maximum absolute atomic E-state index is 4.33. The SMILES string of the molecule is Brc1cncnc1N1CC2CCCC21. The highest BCUT2D eigenvalue weighted by Gasteiger charge is 2.43. The standard InChI is InChI=1S/C10H12BrN3/c11-8-4-12-6-13-10(8)14-5-7-2-1-3-9(7)14/h4,6-7,9H,1-3,5H2. The topological polar surface area (TPSA) is 29.0 Å². The predicted octanol–water partition coefficient (Wildman–Crippen LogP) is 2.23. The first-order chi connectivity index (χ1) is 6.86. The lowest BCUT2D eigenvalue weighted by Gasteiger charge is -2.45. The van der Waals surface area contributed by atoms with Gasteiger partial charge in [0.05, 0.1) is 4.47 Å². The van der Waals surface area contributed by atoms with Crippen molar-refractivity contribution in [2.75, 3.05) is 11.4 Å². The summed E-state index contributed by atoms with van der Waals surface area (Å²) in [7, 11) is 0. The molecule has 0 N–H and O–H groups in total. The van der Waals surface area contributed by atoms with Gasteiger partial charge in [0.25, 0.3) is 0 Å². The molecule has 2 unspecified atom stereocenters. The zero-order valence-corrected chi connectivity index (χ0v) is 9.44. The summed E-state index contributed by atoms with van der Waals surface area (Å²) in [5.41, 5.74) is 0. The fraction of sp³-hybridized carbons (Fsp3) is 0.600. The van der Waals surface area contributed by atoms with Crippen molar-refractivity contribution in [2.24, 2.45) is 5.92 Å². The van der Waals surface area contributed by atoms with Crippen molar-refractivity contribution >= 4 is 21.7 Å². The summed E-state index contributed by atoms with van der Waals surface area (Å²) < 4.78 is 1.02. The summed E-state index contributed by atoms with van der Waals surface area (Å²) in [4.78, 5) is 10.7. The van der Waals surface area contributed by atoms with Crippen LogP contribution in [0.4, 0.5) is 5.82 Å². The maximum Gasteiger partial charge on any atom is 0.146 e. The smallest absolute Gasteiger partial charge is 0.146 e.